The van der Waals surface area contributed by atoms with Crippen molar-refractivity contribution in [3.63, 3.8) is 0 Å². The number of esters is 4. The predicted octanol–water partition coefficient (Wildman–Crippen LogP) is 20.6. The van der Waals surface area contributed by atoms with Crippen LogP contribution in [0.5, 0.6) is 0 Å². The number of allylic oxidation sites excluding steroid dienone is 8. The van der Waals surface area contributed by atoms with Gasteiger partial charge in [0.05, 0.1) is 26.4 Å². The van der Waals surface area contributed by atoms with Gasteiger partial charge in [-0.3, -0.25) is 37.3 Å². The minimum atomic E-state index is -4.97. The molecule has 17 nitrogen and oxygen atoms in total. The second kappa shape index (κ2) is 66.6. The molecule has 0 bridgehead atoms. The van der Waals surface area contributed by atoms with E-state index >= 15 is 0 Å². The van der Waals surface area contributed by atoms with E-state index in [1.807, 2.05) is 0 Å². The minimum Gasteiger partial charge on any atom is -0.462 e. The van der Waals surface area contributed by atoms with Gasteiger partial charge in [0.15, 0.2) is 12.2 Å². The van der Waals surface area contributed by atoms with Crippen LogP contribution in [-0.4, -0.2) is 96.7 Å². The molecule has 0 aliphatic heterocycles. The van der Waals surface area contributed by atoms with E-state index in [-0.39, 0.29) is 25.7 Å². The number of unbranched alkanes of at least 4 members (excludes halogenated alkanes) is 38. The number of aliphatic hydroxyl groups is 1. The molecule has 0 aromatic carbocycles. The molecule has 0 amide bonds. The highest BCUT2D eigenvalue weighted by Gasteiger charge is 2.30. The SMILES string of the molecule is CCCCCC/C=C\C=C/CCCCCCCC(=O)OC[C@H](COP(=O)(O)OC[C@@H](O)COP(=O)(O)OC[C@@H](COC(=O)CCCCCCCCC)OC(=O)CCCCCCCCCCCCCCCCC)OC(=O)CCCCCCC/C=C\C=C/CCCCCC. The molecule has 0 heterocycles. The first-order chi connectivity index (χ1) is 44.7. The standard InChI is InChI=1S/C73H134O17P2/c1-5-9-13-17-21-24-27-30-33-36-39-42-46-50-54-58-71(76)84-64-69(90-73(78)60-56-52-48-44-41-38-35-32-29-26-23-19-15-11-7-3)66-88-92(81,82)86-62-67(74)61-85-91(79,80)87-65-68(63-83-70(75)57-53-49-45-20-16-12-8-4)89-72(77)59-55-51-47-43-40-37-34-31-28-25-22-18-14-10-6-2/h24,26-27,29-30,32-33,35,67-69,74H,5-23,25,28,31,34,36-66H2,1-4H3,(H,79,80)(H,81,82)/b27-24-,29-26-,33-30-,35-32-/t67-,68+,69+/m0/s1. The summed E-state index contributed by atoms with van der Waals surface area (Å²) in [5.41, 5.74) is 0. The molecule has 0 aliphatic carbocycles. The van der Waals surface area contributed by atoms with Crippen molar-refractivity contribution in [1.29, 1.82) is 0 Å². The van der Waals surface area contributed by atoms with Crippen LogP contribution >= 0.6 is 15.6 Å². The first-order valence-corrected chi connectivity index (χ1v) is 39.9. The molecule has 0 rings (SSSR count). The van der Waals surface area contributed by atoms with Crippen molar-refractivity contribution in [2.24, 2.45) is 0 Å². The zero-order chi connectivity index (χ0) is 67.5. The summed E-state index contributed by atoms with van der Waals surface area (Å²) in [4.78, 5) is 72.5. The Labute approximate surface area is 559 Å². The number of carbonyl (C=O) groups excluding carboxylic acids is 4. The quantitative estimate of drug-likeness (QED) is 0.0169. The Morgan fingerprint density at radius 2 is 0.522 bits per heavy atom. The lowest BCUT2D eigenvalue weighted by Gasteiger charge is -2.21. The van der Waals surface area contributed by atoms with Crippen LogP contribution < -0.4 is 0 Å². The van der Waals surface area contributed by atoms with Crippen LogP contribution in [0, 0.1) is 0 Å². The van der Waals surface area contributed by atoms with E-state index in [9.17, 15) is 43.2 Å². The smallest absolute Gasteiger partial charge is 0.462 e. The van der Waals surface area contributed by atoms with E-state index < -0.39 is 97.5 Å². The normalized spacial score (nSPS) is 14.3. The molecule has 92 heavy (non-hydrogen) atoms. The summed E-state index contributed by atoms with van der Waals surface area (Å²) < 4.78 is 68.2. The van der Waals surface area contributed by atoms with Gasteiger partial charge in [-0.15, -0.1) is 0 Å². The molecule has 0 saturated heterocycles. The van der Waals surface area contributed by atoms with Crippen molar-refractivity contribution in [3.8, 4) is 0 Å². The Morgan fingerprint density at radius 1 is 0.304 bits per heavy atom. The average Bonchev–Trinajstić information content (AvgIpc) is 3.28. The number of aliphatic hydroxyl groups excluding tert-OH is 1. The molecule has 19 heteroatoms. The maximum absolute atomic E-state index is 13.0. The molecule has 0 fully saturated rings. The second-order valence-corrected chi connectivity index (χ2v) is 27.9. The van der Waals surface area contributed by atoms with Crippen LogP contribution in [0.2, 0.25) is 0 Å². The lowest BCUT2D eigenvalue weighted by molar-refractivity contribution is -0.161. The molecule has 0 radical (unpaired) electrons. The molecule has 3 N–H and O–H groups in total. The largest absolute Gasteiger partial charge is 0.472 e. The van der Waals surface area contributed by atoms with Crippen LogP contribution in [0.3, 0.4) is 0 Å². The van der Waals surface area contributed by atoms with E-state index in [1.54, 1.807) is 0 Å². The fourth-order valence-electron chi connectivity index (χ4n) is 10.1. The maximum atomic E-state index is 13.0. The van der Waals surface area contributed by atoms with Crippen LogP contribution in [0.1, 0.15) is 336 Å². The molecule has 0 aliphatic rings. The van der Waals surface area contributed by atoms with E-state index in [1.165, 1.54) is 122 Å². The van der Waals surface area contributed by atoms with Gasteiger partial charge in [0.1, 0.15) is 19.3 Å². The lowest BCUT2D eigenvalue weighted by Crippen LogP contribution is -2.30. The van der Waals surface area contributed by atoms with Gasteiger partial charge < -0.3 is 33.8 Å². The Hall–Kier alpha value is -2.98. The van der Waals surface area contributed by atoms with Gasteiger partial charge in [-0.1, -0.05) is 282 Å². The van der Waals surface area contributed by atoms with Crippen molar-refractivity contribution in [1.82, 2.24) is 0 Å². The monoisotopic (exact) mass is 1340 g/mol. The highest BCUT2D eigenvalue weighted by molar-refractivity contribution is 7.47. The maximum Gasteiger partial charge on any atom is 0.472 e. The van der Waals surface area contributed by atoms with Crippen LogP contribution in [0.25, 0.3) is 0 Å². The molecular formula is C73H134O17P2. The van der Waals surface area contributed by atoms with Crippen molar-refractivity contribution >= 4 is 39.5 Å². The van der Waals surface area contributed by atoms with Crippen LogP contribution in [0.4, 0.5) is 0 Å². The number of phosphoric acid groups is 2. The Balaban J connectivity index is 5.27. The molecule has 2 unspecified atom stereocenters. The van der Waals surface area contributed by atoms with Gasteiger partial charge in [0.2, 0.25) is 0 Å². The molecule has 0 saturated carbocycles. The summed E-state index contributed by atoms with van der Waals surface area (Å²) in [5.74, 6) is -2.18. The molecule has 5 atom stereocenters. The number of hydrogen-bond donors (Lipinski definition) is 3. The van der Waals surface area contributed by atoms with E-state index in [0.717, 1.165) is 135 Å². The summed E-state index contributed by atoms with van der Waals surface area (Å²) in [5, 5.41) is 10.6. The summed E-state index contributed by atoms with van der Waals surface area (Å²) in [6, 6.07) is 0. The Morgan fingerprint density at radius 3 is 0.793 bits per heavy atom. The zero-order valence-corrected chi connectivity index (χ0v) is 60.3. The van der Waals surface area contributed by atoms with E-state index in [4.69, 9.17) is 37.0 Å². The third kappa shape index (κ3) is 65.7. The molecule has 0 aromatic rings. The third-order valence-electron chi connectivity index (χ3n) is 15.9. The highest BCUT2D eigenvalue weighted by Crippen LogP contribution is 2.45. The van der Waals surface area contributed by atoms with Crippen LogP contribution in [0.15, 0.2) is 48.6 Å². The van der Waals surface area contributed by atoms with Crippen molar-refractivity contribution < 1.29 is 80.2 Å². The third-order valence-corrected chi connectivity index (χ3v) is 17.8. The molecular weight excluding hydrogens is 1210 g/mol. The highest BCUT2D eigenvalue weighted by atomic mass is 31.2. The number of phosphoric ester groups is 2. The molecule has 0 aromatic heterocycles. The fourth-order valence-corrected chi connectivity index (χ4v) is 11.7. The Kier molecular flexibility index (Phi) is 64.5. The second-order valence-electron chi connectivity index (χ2n) is 25.0. The summed E-state index contributed by atoms with van der Waals surface area (Å²) in [6.45, 7) is 4.79. The first-order valence-electron chi connectivity index (χ1n) is 36.9. The molecule has 538 valence electrons. The summed E-state index contributed by atoms with van der Waals surface area (Å²) in [6.07, 6.45) is 61.3. The Bertz CT molecular complexity index is 1940. The molecule has 0 spiro atoms. The average molecular weight is 1350 g/mol. The lowest BCUT2D eigenvalue weighted by atomic mass is 10.0. The summed E-state index contributed by atoms with van der Waals surface area (Å²) in [7, 11) is -9.92. The van der Waals surface area contributed by atoms with Gasteiger partial charge in [0, 0.05) is 25.7 Å². The van der Waals surface area contributed by atoms with E-state index in [0.29, 0.717) is 25.7 Å². The van der Waals surface area contributed by atoms with Crippen LogP contribution in [-0.2, 0) is 65.4 Å². The van der Waals surface area contributed by atoms with Crippen molar-refractivity contribution in [3.05, 3.63) is 48.6 Å². The van der Waals surface area contributed by atoms with Gasteiger partial charge in [-0.25, -0.2) is 9.13 Å². The number of rotatable bonds is 70. The number of hydrogen-bond acceptors (Lipinski definition) is 15. The fraction of sp³-hybridized carbons (Fsp3) is 0.836. The predicted molar refractivity (Wildman–Crippen MR) is 372 cm³/mol. The van der Waals surface area contributed by atoms with Crippen molar-refractivity contribution in [2.75, 3.05) is 39.6 Å². The zero-order valence-electron chi connectivity index (χ0n) is 58.5. The van der Waals surface area contributed by atoms with Gasteiger partial charge >= 0.3 is 39.5 Å². The van der Waals surface area contributed by atoms with Gasteiger partial charge in [0.25, 0.3) is 0 Å². The van der Waals surface area contributed by atoms with E-state index in [2.05, 4.69) is 76.3 Å². The summed E-state index contributed by atoms with van der Waals surface area (Å²) >= 11 is 0. The number of carbonyl (C=O) groups is 4. The topological polar surface area (TPSA) is 237 Å². The van der Waals surface area contributed by atoms with Gasteiger partial charge in [-0.2, -0.15) is 0 Å². The minimum absolute atomic E-state index is 0.0785. The van der Waals surface area contributed by atoms with Gasteiger partial charge in [-0.05, 0) is 77.0 Å². The first kappa shape index (κ1) is 89.0. The number of ether oxygens (including phenoxy) is 4. The van der Waals surface area contributed by atoms with Crippen molar-refractivity contribution in [2.45, 2.75) is 354 Å².